The third-order valence-electron chi connectivity index (χ3n) is 3.91. The first-order chi connectivity index (χ1) is 7.54. The van der Waals surface area contributed by atoms with Gasteiger partial charge in [0.15, 0.2) is 0 Å². The maximum absolute atomic E-state index is 9.98. The van der Waals surface area contributed by atoms with Gasteiger partial charge in [0.25, 0.3) is 0 Å². The van der Waals surface area contributed by atoms with Crippen molar-refractivity contribution in [2.75, 3.05) is 0 Å². The number of benzene rings is 1. The van der Waals surface area contributed by atoms with Gasteiger partial charge in [-0.25, -0.2) is 0 Å². The summed E-state index contributed by atoms with van der Waals surface area (Å²) in [5.41, 5.74) is 9.30. The molecule has 2 rings (SSSR count). The van der Waals surface area contributed by atoms with E-state index in [-0.39, 0.29) is 5.54 Å². The minimum atomic E-state index is -0.215. The lowest BCUT2D eigenvalue weighted by atomic mass is 9.75. The first-order valence-corrected chi connectivity index (χ1v) is 6.13. The average molecular weight is 219 g/mol. The largest absolute Gasteiger partial charge is 0.507 e. The fourth-order valence-electron chi connectivity index (χ4n) is 2.83. The zero-order valence-corrected chi connectivity index (χ0v) is 10.2. The van der Waals surface area contributed by atoms with Gasteiger partial charge >= 0.3 is 0 Å². The molecule has 0 aromatic heterocycles. The van der Waals surface area contributed by atoms with E-state index in [1.165, 1.54) is 19.3 Å². The minimum Gasteiger partial charge on any atom is -0.507 e. The van der Waals surface area contributed by atoms with Gasteiger partial charge in [0.05, 0.1) is 0 Å². The van der Waals surface area contributed by atoms with Gasteiger partial charge in [-0.2, -0.15) is 0 Å². The van der Waals surface area contributed by atoms with E-state index < -0.39 is 0 Å². The summed E-state index contributed by atoms with van der Waals surface area (Å²) in [7, 11) is 0. The fraction of sp³-hybridized carbons (Fsp3) is 0.571. The van der Waals surface area contributed by atoms with Crippen LogP contribution in [0, 0.1) is 13.8 Å². The predicted molar refractivity (Wildman–Crippen MR) is 66.5 cm³/mol. The van der Waals surface area contributed by atoms with Crippen molar-refractivity contribution >= 4 is 0 Å². The highest BCUT2D eigenvalue weighted by molar-refractivity contribution is 5.47. The molecule has 0 unspecified atom stereocenters. The highest BCUT2D eigenvalue weighted by Crippen LogP contribution is 2.39. The van der Waals surface area contributed by atoms with Crippen LogP contribution in [-0.4, -0.2) is 5.11 Å². The molecule has 16 heavy (non-hydrogen) atoms. The molecule has 0 saturated heterocycles. The molecule has 0 atom stereocenters. The van der Waals surface area contributed by atoms with E-state index in [0.29, 0.717) is 5.75 Å². The van der Waals surface area contributed by atoms with E-state index in [1.54, 1.807) is 0 Å². The predicted octanol–water partition coefficient (Wildman–Crippen LogP) is 3.13. The third-order valence-corrected chi connectivity index (χ3v) is 3.91. The molecule has 2 nitrogen and oxygen atoms in total. The Morgan fingerprint density at radius 3 is 2.38 bits per heavy atom. The number of nitrogens with two attached hydrogens (primary N) is 1. The van der Waals surface area contributed by atoms with Crippen molar-refractivity contribution in [3.8, 4) is 5.75 Å². The molecule has 88 valence electrons. The monoisotopic (exact) mass is 219 g/mol. The number of aromatic hydroxyl groups is 1. The molecular formula is C14H21NO. The van der Waals surface area contributed by atoms with E-state index in [9.17, 15) is 5.11 Å². The molecule has 0 amide bonds. The van der Waals surface area contributed by atoms with Gasteiger partial charge in [-0.15, -0.1) is 0 Å². The van der Waals surface area contributed by atoms with Crippen molar-refractivity contribution in [3.05, 3.63) is 28.8 Å². The highest BCUT2D eigenvalue weighted by Gasteiger charge is 2.31. The topological polar surface area (TPSA) is 46.2 Å². The third kappa shape index (κ3) is 1.82. The van der Waals surface area contributed by atoms with Gasteiger partial charge in [0, 0.05) is 5.54 Å². The molecule has 1 aromatic carbocycles. The quantitative estimate of drug-likeness (QED) is 0.762. The van der Waals surface area contributed by atoms with E-state index in [4.69, 9.17) is 5.73 Å². The van der Waals surface area contributed by atoms with Crippen LogP contribution < -0.4 is 5.73 Å². The second kappa shape index (κ2) is 4.10. The Bertz CT molecular complexity index is 392. The lowest BCUT2D eigenvalue weighted by Crippen LogP contribution is -2.39. The van der Waals surface area contributed by atoms with Gasteiger partial charge in [-0.3, -0.25) is 0 Å². The van der Waals surface area contributed by atoms with Gasteiger partial charge in [0.2, 0.25) is 0 Å². The normalized spacial score (nSPS) is 19.7. The lowest BCUT2D eigenvalue weighted by Gasteiger charge is -2.35. The van der Waals surface area contributed by atoms with E-state index >= 15 is 0 Å². The Kier molecular flexibility index (Phi) is 2.94. The molecule has 0 bridgehead atoms. The summed E-state index contributed by atoms with van der Waals surface area (Å²) < 4.78 is 0. The van der Waals surface area contributed by atoms with E-state index in [2.05, 4.69) is 6.07 Å². The van der Waals surface area contributed by atoms with Crippen LogP contribution in [0.25, 0.3) is 0 Å². The molecule has 1 aliphatic carbocycles. The molecule has 1 aliphatic rings. The fourth-order valence-corrected chi connectivity index (χ4v) is 2.83. The molecule has 1 saturated carbocycles. The second-order valence-corrected chi connectivity index (χ2v) is 5.12. The van der Waals surface area contributed by atoms with Crippen LogP contribution in [-0.2, 0) is 5.54 Å². The standard InChI is InChI=1S/C14H21NO/c1-10-6-7-12(11(2)13(10)16)14(15)8-4-3-5-9-14/h6-7,16H,3-5,8-9,15H2,1-2H3. The minimum absolute atomic E-state index is 0.215. The lowest BCUT2D eigenvalue weighted by molar-refractivity contribution is 0.299. The molecule has 0 radical (unpaired) electrons. The first-order valence-electron chi connectivity index (χ1n) is 6.13. The van der Waals surface area contributed by atoms with Crippen LogP contribution in [0.3, 0.4) is 0 Å². The van der Waals surface area contributed by atoms with Crippen molar-refractivity contribution in [1.29, 1.82) is 0 Å². The Morgan fingerprint density at radius 2 is 1.75 bits per heavy atom. The zero-order chi connectivity index (χ0) is 11.8. The number of phenols is 1. The van der Waals surface area contributed by atoms with Crippen LogP contribution in [0.5, 0.6) is 5.75 Å². The van der Waals surface area contributed by atoms with Crippen molar-refractivity contribution in [3.63, 3.8) is 0 Å². The summed E-state index contributed by atoms with van der Waals surface area (Å²) in [6, 6.07) is 4.07. The van der Waals surface area contributed by atoms with Crippen LogP contribution in [0.4, 0.5) is 0 Å². The number of aryl methyl sites for hydroxylation is 1. The van der Waals surface area contributed by atoms with Gasteiger partial charge in [-0.05, 0) is 43.4 Å². The van der Waals surface area contributed by atoms with Crippen LogP contribution >= 0.6 is 0 Å². The number of hydrogen-bond donors (Lipinski definition) is 2. The molecule has 2 heteroatoms. The van der Waals surface area contributed by atoms with E-state index in [1.807, 2.05) is 19.9 Å². The molecule has 3 N–H and O–H groups in total. The number of phenolic OH excluding ortho intramolecular Hbond substituents is 1. The number of rotatable bonds is 1. The van der Waals surface area contributed by atoms with Gasteiger partial charge in [0.1, 0.15) is 5.75 Å². The second-order valence-electron chi connectivity index (χ2n) is 5.12. The van der Waals surface area contributed by atoms with Crippen molar-refractivity contribution in [2.45, 2.75) is 51.5 Å². The molecule has 1 aromatic rings. The summed E-state index contributed by atoms with van der Waals surface area (Å²) in [5, 5.41) is 9.98. The molecular weight excluding hydrogens is 198 g/mol. The Labute approximate surface area is 97.5 Å². The van der Waals surface area contributed by atoms with E-state index in [0.717, 1.165) is 29.5 Å². The summed E-state index contributed by atoms with van der Waals surface area (Å²) in [5.74, 6) is 0.410. The average Bonchev–Trinajstić information content (AvgIpc) is 2.27. The molecule has 0 spiro atoms. The summed E-state index contributed by atoms with van der Waals surface area (Å²) >= 11 is 0. The summed E-state index contributed by atoms with van der Waals surface area (Å²) in [6.07, 6.45) is 5.76. The van der Waals surface area contributed by atoms with Crippen molar-refractivity contribution < 1.29 is 5.11 Å². The first kappa shape index (κ1) is 11.5. The molecule has 0 aliphatic heterocycles. The summed E-state index contributed by atoms with van der Waals surface area (Å²) in [6.45, 7) is 3.90. The molecule has 1 fully saturated rings. The molecule has 0 heterocycles. The number of hydrogen-bond acceptors (Lipinski definition) is 2. The van der Waals surface area contributed by atoms with Crippen molar-refractivity contribution in [2.24, 2.45) is 5.73 Å². The SMILES string of the molecule is Cc1ccc(C2(N)CCCCC2)c(C)c1O. The maximum atomic E-state index is 9.98. The Hall–Kier alpha value is -1.02. The van der Waals surface area contributed by atoms with Crippen LogP contribution in [0.15, 0.2) is 12.1 Å². The Balaban J connectivity index is 2.43. The van der Waals surface area contributed by atoms with Crippen LogP contribution in [0.2, 0.25) is 0 Å². The highest BCUT2D eigenvalue weighted by atomic mass is 16.3. The Morgan fingerprint density at radius 1 is 1.12 bits per heavy atom. The maximum Gasteiger partial charge on any atom is 0.121 e. The zero-order valence-electron chi connectivity index (χ0n) is 10.2. The van der Waals surface area contributed by atoms with Crippen molar-refractivity contribution in [1.82, 2.24) is 0 Å². The smallest absolute Gasteiger partial charge is 0.121 e. The van der Waals surface area contributed by atoms with Crippen LogP contribution in [0.1, 0.15) is 48.8 Å². The van der Waals surface area contributed by atoms with Gasteiger partial charge in [-0.1, -0.05) is 31.4 Å². The van der Waals surface area contributed by atoms with Gasteiger partial charge < -0.3 is 10.8 Å². The summed E-state index contributed by atoms with van der Waals surface area (Å²) in [4.78, 5) is 0.